The average Bonchev–Trinajstić information content (AvgIpc) is 2.73. The minimum atomic E-state index is 0.728. The summed E-state index contributed by atoms with van der Waals surface area (Å²) in [5.74, 6) is 0.972. The van der Waals surface area contributed by atoms with Gasteiger partial charge in [-0.2, -0.15) is 0 Å². The smallest absolute Gasteiger partial charge is 0.119 e. The third-order valence-electron chi connectivity index (χ3n) is 3.84. The lowest BCUT2D eigenvalue weighted by Gasteiger charge is -2.19. The molecule has 3 heteroatoms. The Labute approximate surface area is 123 Å². The zero-order chi connectivity index (χ0) is 14.0. The minimum Gasteiger partial charge on any atom is -0.494 e. The molecule has 0 unspecified atom stereocenters. The monoisotopic (exact) mass is 276 g/mol. The van der Waals surface area contributed by atoms with Gasteiger partial charge in [0.05, 0.1) is 6.61 Å². The fraction of sp³-hybridized carbons (Fsp3) is 0.647. The molecule has 1 aliphatic rings. The Morgan fingerprint density at radius 1 is 1.15 bits per heavy atom. The van der Waals surface area contributed by atoms with Gasteiger partial charge in [-0.05, 0) is 50.6 Å². The molecule has 112 valence electrons. The zero-order valence-corrected chi connectivity index (χ0v) is 12.7. The highest BCUT2D eigenvalue weighted by atomic mass is 16.5. The second-order valence-corrected chi connectivity index (χ2v) is 5.51. The van der Waals surface area contributed by atoms with Gasteiger partial charge in [-0.15, -0.1) is 0 Å². The van der Waals surface area contributed by atoms with Gasteiger partial charge in [0.2, 0.25) is 0 Å². The van der Waals surface area contributed by atoms with Crippen molar-refractivity contribution in [2.45, 2.75) is 39.2 Å². The number of hydrogen-bond donors (Lipinski definition) is 1. The van der Waals surface area contributed by atoms with E-state index in [0.29, 0.717) is 0 Å². The van der Waals surface area contributed by atoms with Crippen molar-refractivity contribution in [2.75, 3.05) is 32.8 Å². The van der Waals surface area contributed by atoms with E-state index in [4.69, 9.17) is 4.74 Å². The van der Waals surface area contributed by atoms with Gasteiger partial charge in [-0.1, -0.05) is 25.0 Å². The number of nitrogens with zero attached hydrogens (tertiary/aromatic N) is 1. The first-order chi connectivity index (χ1) is 9.88. The highest BCUT2D eigenvalue weighted by Crippen LogP contribution is 2.13. The third-order valence-corrected chi connectivity index (χ3v) is 3.84. The molecule has 3 nitrogen and oxygen atoms in total. The van der Waals surface area contributed by atoms with Crippen LogP contribution in [0, 0.1) is 0 Å². The Morgan fingerprint density at radius 2 is 1.95 bits per heavy atom. The number of rotatable bonds is 7. The van der Waals surface area contributed by atoms with Crippen LogP contribution in [0.4, 0.5) is 0 Å². The molecule has 0 aromatic heterocycles. The largest absolute Gasteiger partial charge is 0.494 e. The van der Waals surface area contributed by atoms with E-state index in [1.54, 1.807) is 0 Å². The van der Waals surface area contributed by atoms with Crippen molar-refractivity contribution >= 4 is 0 Å². The van der Waals surface area contributed by atoms with Gasteiger partial charge < -0.3 is 15.0 Å². The first-order valence-corrected chi connectivity index (χ1v) is 8.03. The van der Waals surface area contributed by atoms with Crippen LogP contribution >= 0.6 is 0 Å². The molecule has 0 saturated carbocycles. The lowest BCUT2D eigenvalue weighted by molar-refractivity contribution is 0.284. The molecule has 1 heterocycles. The number of likely N-dealkylation sites (tertiary alicyclic amines) is 1. The second-order valence-electron chi connectivity index (χ2n) is 5.51. The van der Waals surface area contributed by atoms with Crippen LogP contribution in [-0.2, 0) is 6.54 Å². The van der Waals surface area contributed by atoms with E-state index in [0.717, 1.165) is 25.4 Å². The Kier molecular flexibility index (Phi) is 6.89. The fourth-order valence-corrected chi connectivity index (χ4v) is 2.74. The Morgan fingerprint density at radius 3 is 2.70 bits per heavy atom. The second kappa shape index (κ2) is 8.98. The van der Waals surface area contributed by atoms with Crippen molar-refractivity contribution in [2.24, 2.45) is 0 Å². The van der Waals surface area contributed by atoms with E-state index in [1.807, 2.05) is 13.0 Å². The summed E-state index contributed by atoms with van der Waals surface area (Å²) in [5.41, 5.74) is 1.30. The van der Waals surface area contributed by atoms with Crippen LogP contribution in [0.15, 0.2) is 24.3 Å². The molecule has 2 rings (SSSR count). The van der Waals surface area contributed by atoms with E-state index in [2.05, 4.69) is 28.4 Å². The van der Waals surface area contributed by atoms with Crippen LogP contribution in [0.5, 0.6) is 5.75 Å². The summed E-state index contributed by atoms with van der Waals surface area (Å²) in [4.78, 5) is 2.59. The van der Waals surface area contributed by atoms with Gasteiger partial charge >= 0.3 is 0 Å². The van der Waals surface area contributed by atoms with E-state index < -0.39 is 0 Å². The molecule has 1 aromatic carbocycles. The molecule has 20 heavy (non-hydrogen) atoms. The van der Waals surface area contributed by atoms with Gasteiger partial charge in [0.25, 0.3) is 0 Å². The predicted octanol–water partition coefficient (Wildman–Crippen LogP) is 3.05. The van der Waals surface area contributed by atoms with Gasteiger partial charge in [0, 0.05) is 19.6 Å². The average molecular weight is 276 g/mol. The molecule has 0 bridgehead atoms. The summed E-state index contributed by atoms with van der Waals surface area (Å²) in [6.45, 7) is 8.47. The Hall–Kier alpha value is -1.06. The summed E-state index contributed by atoms with van der Waals surface area (Å²) in [6, 6.07) is 8.37. The number of ether oxygens (including phenoxy) is 1. The Bertz CT molecular complexity index is 373. The quantitative estimate of drug-likeness (QED) is 0.775. The molecule has 0 spiro atoms. The van der Waals surface area contributed by atoms with Gasteiger partial charge in [-0.3, -0.25) is 0 Å². The van der Waals surface area contributed by atoms with E-state index >= 15 is 0 Å². The topological polar surface area (TPSA) is 24.5 Å². The van der Waals surface area contributed by atoms with Crippen molar-refractivity contribution in [3.05, 3.63) is 29.8 Å². The van der Waals surface area contributed by atoms with E-state index in [1.165, 1.54) is 50.9 Å². The number of benzene rings is 1. The molecule has 0 radical (unpaired) electrons. The molecule has 0 aliphatic carbocycles. The summed E-state index contributed by atoms with van der Waals surface area (Å²) in [5, 5.41) is 3.54. The lowest BCUT2D eigenvalue weighted by atomic mass is 10.2. The fourth-order valence-electron chi connectivity index (χ4n) is 2.74. The van der Waals surface area contributed by atoms with Gasteiger partial charge in [0.1, 0.15) is 5.75 Å². The van der Waals surface area contributed by atoms with Crippen molar-refractivity contribution in [1.29, 1.82) is 0 Å². The minimum absolute atomic E-state index is 0.728. The standard InChI is InChI=1S/C17H28N2O/c1-2-20-17-9-7-8-16(14-17)15-18-10-13-19-11-5-3-4-6-12-19/h7-9,14,18H,2-6,10-13,15H2,1H3. The molecule has 1 N–H and O–H groups in total. The third kappa shape index (κ3) is 5.51. The lowest BCUT2D eigenvalue weighted by Crippen LogP contribution is -2.32. The summed E-state index contributed by atoms with van der Waals surface area (Å²) in [7, 11) is 0. The van der Waals surface area contributed by atoms with Crippen molar-refractivity contribution in [1.82, 2.24) is 10.2 Å². The van der Waals surface area contributed by atoms with Gasteiger partial charge in [-0.25, -0.2) is 0 Å². The molecule has 1 fully saturated rings. The zero-order valence-electron chi connectivity index (χ0n) is 12.7. The first kappa shape index (κ1) is 15.3. The summed E-state index contributed by atoms with van der Waals surface area (Å²) < 4.78 is 5.53. The highest BCUT2D eigenvalue weighted by molar-refractivity contribution is 5.28. The van der Waals surface area contributed by atoms with Crippen LogP contribution in [-0.4, -0.2) is 37.7 Å². The number of nitrogens with one attached hydrogen (secondary N) is 1. The molecule has 0 atom stereocenters. The normalized spacial score (nSPS) is 16.9. The molecule has 1 aromatic rings. The highest BCUT2D eigenvalue weighted by Gasteiger charge is 2.07. The first-order valence-electron chi connectivity index (χ1n) is 8.03. The van der Waals surface area contributed by atoms with Crippen LogP contribution in [0.25, 0.3) is 0 Å². The summed E-state index contributed by atoms with van der Waals surface area (Å²) in [6.07, 6.45) is 5.56. The van der Waals surface area contributed by atoms with Crippen LogP contribution in [0.3, 0.4) is 0 Å². The van der Waals surface area contributed by atoms with Crippen molar-refractivity contribution in [3.8, 4) is 5.75 Å². The van der Waals surface area contributed by atoms with Crippen LogP contribution in [0.2, 0.25) is 0 Å². The molecule has 1 aliphatic heterocycles. The molecular weight excluding hydrogens is 248 g/mol. The maximum absolute atomic E-state index is 5.53. The molecule has 0 amide bonds. The van der Waals surface area contributed by atoms with Crippen molar-refractivity contribution < 1.29 is 4.74 Å². The van der Waals surface area contributed by atoms with Crippen molar-refractivity contribution in [3.63, 3.8) is 0 Å². The molecular formula is C17H28N2O. The Balaban J connectivity index is 1.66. The van der Waals surface area contributed by atoms with E-state index in [9.17, 15) is 0 Å². The maximum Gasteiger partial charge on any atom is 0.119 e. The maximum atomic E-state index is 5.53. The molecule has 1 saturated heterocycles. The number of hydrogen-bond acceptors (Lipinski definition) is 3. The SMILES string of the molecule is CCOc1cccc(CNCCN2CCCCCC2)c1. The predicted molar refractivity (Wildman–Crippen MR) is 84.2 cm³/mol. The van der Waals surface area contributed by atoms with Gasteiger partial charge in [0.15, 0.2) is 0 Å². The van der Waals surface area contributed by atoms with Crippen LogP contribution in [0.1, 0.15) is 38.2 Å². The van der Waals surface area contributed by atoms with Crippen LogP contribution < -0.4 is 10.1 Å². The summed E-state index contributed by atoms with van der Waals surface area (Å²) >= 11 is 0. The van der Waals surface area contributed by atoms with E-state index in [-0.39, 0.29) is 0 Å².